The highest BCUT2D eigenvalue weighted by molar-refractivity contribution is 5.40. The summed E-state index contributed by atoms with van der Waals surface area (Å²) in [7, 11) is 0. The number of rotatable bonds is 4. The monoisotopic (exact) mass is 191 g/mol. The molecule has 0 radical (unpaired) electrons. The molecule has 1 aliphatic rings. The van der Waals surface area contributed by atoms with Gasteiger partial charge in [-0.25, -0.2) is 0 Å². The van der Waals surface area contributed by atoms with Gasteiger partial charge in [-0.1, -0.05) is 6.42 Å². The van der Waals surface area contributed by atoms with Gasteiger partial charge < -0.3 is 11.1 Å². The molecule has 0 aliphatic heterocycles. The van der Waals surface area contributed by atoms with Crippen LogP contribution in [0.4, 0.5) is 5.69 Å². The molecule has 1 atom stereocenters. The second-order valence-electron chi connectivity index (χ2n) is 3.97. The number of hydrogen-bond donors (Lipinski definition) is 2. The molecule has 0 spiro atoms. The molecule has 1 aromatic rings. The van der Waals surface area contributed by atoms with Crippen LogP contribution in [0.1, 0.15) is 19.3 Å². The summed E-state index contributed by atoms with van der Waals surface area (Å²) in [6.07, 6.45) is 7.54. The predicted octanol–water partition coefficient (Wildman–Crippen LogP) is 1.62. The van der Waals surface area contributed by atoms with Crippen molar-refractivity contribution in [3.05, 3.63) is 24.5 Å². The second-order valence-corrected chi connectivity index (χ2v) is 3.97. The van der Waals surface area contributed by atoms with Crippen LogP contribution in [0.3, 0.4) is 0 Å². The largest absolute Gasteiger partial charge is 0.383 e. The van der Waals surface area contributed by atoms with E-state index in [2.05, 4.69) is 10.3 Å². The number of nitrogens with one attached hydrogen (secondary N) is 1. The Kier molecular flexibility index (Phi) is 2.99. The van der Waals surface area contributed by atoms with E-state index in [0.717, 1.165) is 18.2 Å². The highest BCUT2D eigenvalue weighted by atomic mass is 14.9. The van der Waals surface area contributed by atoms with Crippen LogP contribution < -0.4 is 11.1 Å². The van der Waals surface area contributed by atoms with Crippen LogP contribution in [0, 0.1) is 5.92 Å². The van der Waals surface area contributed by atoms with E-state index in [1.165, 1.54) is 19.3 Å². The molecular weight excluding hydrogens is 174 g/mol. The first-order valence-electron chi connectivity index (χ1n) is 5.26. The van der Waals surface area contributed by atoms with Gasteiger partial charge in [0.2, 0.25) is 0 Å². The van der Waals surface area contributed by atoms with Crippen molar-refractivity contribution < 1.29 is 0 Å². The van der Waals surface area contributed by atoms with Crippen LogP contribution >= 0.6 is 0 Å². The molecule has 2 rings (SSSR count). The molecule has 14 heavy (non-hydrogen) atoms. The van der Waals surface area contributed by atoms with Gasteiger partial charge >= 0.3 is 0 Å². The Labute approximate surface area is 84.7 Å². The molecule has 1 aromatic heterocycles. The van der Waals surface area contributed by atoms with Crippen LogP contribution in [0.15, 0.2) is 24.5 Å². The molecule has 1 saturated carbocycles. The molecule has 76 valence electrons. The zero-order valence-electron chi connectivity index (χ0n) is 8.32. The van der Waals surface area contributed by atoms with Crippen LogP contribution in [-0.2, 0) is 0 Å². The summed E-state index contributed by atoms with van der Waals surface area (Å²) in [6.45, 7) is 0.870. The number of pyridine rings is 1. The van der Waals surface area contributed by atoms with E-state index in [1.54, 1.807) is 12.4 Å². The zero-order chi connectivity index (χ0) is 9.80. The molecule has 0 amide bonds. The van der Waals surface area contributed by atoms with Gasteiger partial charge in [0.05, 0.1) is 0 Å². The van der Waals surface area contributed by atoms with E-state index in [9.17, 15) is 0 Å². The van der Waals surface area contributed by atoms with Crippen molar-refractivity contribution in [3.8, 4) is 0 Å². The fourth-order valence-corrected chi connectivity index (χ4v) is 1.74. The minimum absolute atomic E-state index is 0.303. The Bertz CT molecular complexity index is 269. The third-order valence-electron chi connectivity index (χ3n) is 2.98. The molecule has 1 aliphatic carbocycles. The molecule has 3 N–H and O–H groups in total. The molecule has 1 unspecified atom stereocenters. The Morgan fingerprint density at radius 1 is 1.43 bits per heavy atom. The van der Waals surface area contributed by atoms with Gasteiger partial charge in [0.25, 0.3) is 0 Å². The minimum atomic E-state index is 0.303. The van der Waals surface area contributed by atoms with Gasteiger partial charge in [-0.3, -0.25) is 4.98 Å². The number of aromatic nitrogens is 1. The lowest BCUT2D eigenvalue weighted by Gasteiger charge is -2.31. The van der Waals surface area contributed by atoms with Gasteiger partial charge in [0, 0.05) is 30.7 Å². The van der Waals surface area contributed by atoms with Gasteiger partial charge in [0.1, 0.15) is 0 Å². The van der Waals surface area contributed by atoms with E-state index in [0.29, 0.717) is 6.04 Å². The summed E-state index contributed by atoms with van der Waals surface area (Å²) < 4.78 is 0. The maximum Gasteiger partial charge on any atom is 0.0371 e. The first-order valence-corrected chi connectivity index (χ1v) is 5.26. The van der Waals surface area contributed by atoms with Crippen molar-refractivity contribution in [2.75, 3.05) is 11.9 Å². The Morgan fingerprint density at radius 3 is 2.71 bits per heavy atom. The molecule has 3 heteroatoms. The molecule has 0 aromatic carbocycles. The van der Waals surface area contributed by atoms with E-state index in [-0.39, 0.29) is 0 Å². The third kappa shape index (κ3) is 2.23. The van der Waals surface area contributed by atoms with E-state index >= 15 is 0 Å². The summed E-state index contributed by atoms with van der Waals surface area (Å²) in [4.78, 5) is 3.96. The van der Waals surface area contributed by atoms with Crippen LogP contribution in [-0.4, -0.2) is 17.6 Å². The van der Waals surface area contributed by atoms with Crippen molar-refractivity contribution in [2.24, 2.45) is 11.7 Å². The van der Waals surface area contributed by atoms with Gasteiger partial charge in [-0.15, -0.1) is 0 Å². The van der Waals surface area contributed by atoms with Crippen molar-refractivity contribution in [1.82, 2.24) is 4.98 Å². The first-order chi connectivity index (χ1) is 6.86. The van der Waals surface area contributed by atoms with Crippen molar-refractivity contribution in [3.63, 3.8) is 0 Å². The van der Waals surface area contributed by atoms with Crippen LogP contribution in [0.5, 0.6) is 0 Å². The fraction of sp³-hybridized carbons (Fsp3) is 0.545. The first kappa shape index (κ1) is 9.46. The minimum Gasteiger partial charge on any atom is -0.383 e. The van der Waals surface area contributed by atoms with E-state index in [4.69, 9.17) is 5.73 Å². The third-order valence-corrected chi connectivity index (χ3v) is 2.98. The van der Waals surface area contributed by atoms with Gasteiger partial charge in [0.15, 0.2) is 0 Å². The molecule has 1 heterocycles. The van der Waals surface area contributed by atoms with E-state index < -0.39 is 0 Å². The average molecular weight is 191 g/mol. The Hall–Kier alpha value is -1.09. The summed E-state index contributed by atoms with van der Waals surface area (Å²) in [6, 6.07) is 4.23. The summed E-state index contributed by atoms with van der Waals surface area (Å²) >= 11 is 0. The molecule has 3 nitrogen and oxygen atoms in total. The van der Waals surface area contributed by atoms with Crippen molar-refractivity contribution in [2.45, 2.75) is 25.3 Å². The van der Waals surface area contributed by atoms with Crippen LogP contribution in [0.25, 0.3) is 0 Å². The number of anilines is 1. The predicted molar refractivity (Wildman–Crippen MR) is 58.0 cm³/mol. The average Bonchev–Trinajstić information content (AvgIpc) is 2.14. The quantitative estimate of drug-likeness (QED) is 0.760. The maximum absolute atomic E-state index is 6.05. The van der Waals surface area contributed by atoms with Gasteiger partial charge in [-0.2, -0.15) is 0 Å². The number of hydrogen-bond acceptors (Lipinski definition) is 3. The molecule has 0 saturated heterocycles. The molecule has 1 fully saturated rings. The van der Waals surface area contributed by atoms with Gasteiger partial charge in [-0.05, 0) is 30.9 Å². The van der Waals surface area contributed by atoms with Crippen molar-refractivity contribution in [1.29, 1.82) is 0 Å². The molecular formula is C11H17N3. The van der Waals surface area contributed by atoms with Crippen molar-refractivity contribution >= 4 is 5.69 Å². The highest BCUT2D eigenvalue weighted by Crippen LogP contribution is 2.28. The summed E-state index contributed by atoms with van der Waals surface area (Å²) in [5.74, 6) is 0.740. The normalized spacial score (nSPS) is 18.6. The summed E-state index contributed by atoms with van der Waals surface area (Å²) in [5, 5.41) is 3.33. The van der Waals surface area contributed by atoms with E-state index in [1.807, 2.05) is 12.1 Å². The highest BCUT2D eigenvalue weighted by Gasteiger charge is 2.23. The lowest BCUT2D eigenvalue weighted by atomic mass is 9.80. The molecule has 0 bridgehead atoms. The number of nitrogens with zero attached hydrogens (tertiary/aromatic N) is 1. The Balaban J connectivity index is 1.76. The topological polar surface area (TPSA) is 50.9 Å². The van der Waals surface area contributed by atoms with Crippen LogP contribution in [0.2, 0.25) is 0 Å². The zero-order valence-corrected chi connectivity index (χ0v) is 8.32. The number of nitrogens with two attached hydrogens (primary N) is 1. The SMILES string of the molecule is NC(CNc1ccncc1)C1CCC1. The lowest BCUT2D eigenvalue weighted by Crippen LogP contribution is -2.40. The maximum atomic E-state index is 6.05. The standard InChI is InChI=1S/C11H17N3/c12-11(9-2-1-3-9)8-14-10-4-6-13-7-5-10/h4-7,9,11H,1-3,8,12H2,(H,13,14). The fourth-order valence-electron chi connectivity index (χ4n) is 1.74. The summed E-state index contributed by atoms with van der Waals surface area (Å²) in [5.41, 5.74) is 7.15. The smallest absolute Gasteiger partial charge is 0.0371 e. The lowest BCUT2D eigenvalue weighted by molar-refractivity contribution is 0.268. The second kappa shape index (κ2) is 4.42. The Morgan fingerprint density at radius 2 is 2.14 bits per heavy atom.